The topological polar surface area (TPSA) is 43.4 Å². The highest BCUT2D eigenvalue weighted by molar-refractivity contribution is 7.87. The molecule has 0 amide bonds. The molecule has 0 aromatic heterocycles. The lowest BCUT2D eigenvalue weighted by atomic mass is 10.7. The van der Waals surface area contributed by atoms with Gasteiger partial charge in [0.15, 0.2) is 0 Å². The van der Waals surface area contributed by atoms with E-state index in [9.17, 15) is 30.4 Å². The minimum atomic E-state index is -6.37. The van der Waals surface area contributed by atoms with Crippen LogP contribution in [0.15, 0.2) is 0 Å². The average Bonchev–Trinajstić information content (AvgIpc) is 1.77. The third kappa shape index (κ3) is 3.74. The second-order valence-corrected chi connectivity index (χ2v) is 5.27. The Balaban J connectivity index is 5.08. The predicted octanol–water partition coefficient (Wildman–Crippen LogP) is 2.82. The lowest BCUT2D eigenvalue weighted by Crippen LogP contribution is -2.41. The first-order chi connectivity index (χ1) is 6.21. The Hall–Kier alpha value is 0.430. The van der Waals surface area contributed by atoms with Crippen LogP contribution in [-0.4, -0.2) is 23.8 Å². The molecule has 92 valence electrons. The van der Waals surface area contributed by atoms with E-state index in [1.807, 2.05) is 0 Å². The van der Waals surface area contributed by atoms with E-state index in [-0.39, 0.29) is 0 Å². The monoisotopic (exact) mass is 316 g/mol. The summed E-state index contributed by atoms with van der Waals surface area (Å²) in [6.45, 7) is 0. The Morgan fingerprint density at radius 1 is 0.933 bits per heavy atom. The molecule has 0 radical (unpaired) electrons. The molecule has 0 saturated heterocycles. The fourth-order valence-electron chi connectivity index (χ4n) is 0.232. The molecule has 0 rings (SSSR count). The van der Waals surface area contributed by atoms with Crippen molar-refractivity contribution in [1.29, 1.82) is 0 Å². The van der Waals surface area contributed by atoms with Crippen molar-refractivity contribution in [3.05, 3.63) is 0 Å². The summed E-state index contributed by atoms with van der Waals surface area (Å²) in [5, 5.41) is -4.73. The van der Waals surface area contributed by atoms with E-state index in [4.69, 9.17) is 0 Å². The lowest BCUT2D eigenvalue weighted by Gasteiger charge is -2.23. The Bertz CT molecular complexity index is 330. The maximum absolute atomic E-state index is 12.2. The van der Waals surface area contributed by atoms with Gasteiger partial charge in [-0.1, -0.05) is 23.2 Å². The van der Waals surface area contributed by atoms with Gasteiger partial charge in [0, 0.05) is 0 Å². The molecule has 0 bridgehead atoms. The Morgan fingerprint density at radius 3 is 1.47 bits per heavy atom. The lowest BCUT2D eigenvalue weighted by molar-refractivity contribution is -0.0682. The molecule has 0 aliphatic rings. The Kier molecular flexibility index (Phi) is 4.14. The summed E-state index contributed by atoms with van der Waals surface area (Å²) >= 11 is 13.1. The fourth-order valence-corrected chi connectivity index (χ4v) is 1.29. The fraction of sp³-hybridized carbons (Fsp3) is 1.00. The zero-order valence-electron chi connectivity index (χ0n) is 6.16. The van der Waals surface area contributed by atoms with Crippen LogP contribution >= 0.6 is 34.8 Å². The van der Waals surface area contributed by atoms with Gasteiger partial charge in [-0.05, 0) is 11.6 Å². The first-order valence-electron chi connectivity index (χ1n) is 2.67. The van der Waals surface area contributed by atoms with Crippen LogP contribution in [0.3, 0.4) is 0 Å². The molecule has 12 heteroatoms. The molecule has 0 fully saturated rings. The van der Waals surface area contributed by atoms with Crippen LogP contribution < -0.4 is 0 Å². The number of rotatable bonds is 3. The molecular weight excluding hydrogens is 317 g/mol. The smallest absolute Gasteiger partial charge is 0.216 e. The standard InChI is InChI=1S/C3Cl3F5O3S/c4-1(5,2(6,7)8)14-15(12,13)3(9,10)11. The van der Waals surface area contributed by atoms with E-state index in [1.54, 1.807) is 0 Å². The molecule has 0 aliphatic carbocycles. The minimum Gasteiger partial charge on any atom is -0.216 e. The molecule has 0 N–H and O–H groups in total. The third-order valence-corrected chi connectivity index (χ3v) is 3.14. The summed E-state index contributed by atoms with van der Waals surface area (Å²) in [7, 11) is -6.37. The maximum Gasteiger partial charge on any atom is 0.523 e. The average molecular weight is 317 g/mol. The summed E-state index contributed by atoms with van der Waals surface area (Å²) in [5.74, 6) is 0. The third-order valence-electron chi connectivity index (χ3n) is 0.828. The molecule has 0 heterocycles. The van der Waals surface area contributed by atoms with Crippen LogP contribution in [0.2, 0.25) is 0 Å². The summed E-state index contributed by atoms with van der Waals surface area (Å²) in [4.78, 5) is 0. The van der Waals surface area contributed by atoms with Gasteiger partial charge in [-0.15, -0.1) is 0 Å². The van der Waals surface area contributed by atoms with E-state index < -0.39 is 25.5 Å². The quantitative estimate of drug-likeness (QED) is 0.348. The van der Waals surface area contributed by atoms with Gasteiger partial charge in [-0.25, -0.2) is 4.18 Å². The first kappa shape index (κ1) is 15.4. The summed E-state index contributed by atoms with van der Waals surface area (Å²) < 4.78 is 78.4. The van der Waals surface area contributed by atoms with Gasteiger partial charge in [-0.3, -0.25) is 0 Å². The first-order valence-corrected chi connectivity index (χ1v) is 5.21. The van der Waals surface area contributed by atoms with Gasteiger partial charge in [-0.2, -0.15) is 30.4 Å². The van der Waals surface area contributed by atoms with Gasteiger partial charge in [0.1, 0.15) is 0 Å². The molecular formula is C3Cl3F5O3S. The highest BCUT2D eigenvalue weighted by atomic mass is 35.5. The van der Waals surface area contributed by atoms with Crippen LogP contribution in [0.1, 0.15) is 0 Å². The van der Waals surface area contributed by atoms with Crippen LogP contribution in [-0.2, 0) is 14.3 Å². The summed E-state index contributed by atoms with van der Waals surface area (Å²) in [6, 6.07) is 0. The van der Waals surface area contributed by atoms with Gasteiger partial charge in [0.05, 0.1) is 0 Å². The molecule has 0 unspecified atom stereocenters. The van der Waals surface area contributed by atoms with Crippen molar-refractivity contribution in [2.75, 3.05) is 0 Å². The molecule has 0 spiro atoms. The second kappa shape index (κ2) is 4.02. The van der Waals surface area contributed by atoms with Crippen molar-refractivity contribution >= 4 is 44.9 Å². The molecule has 0 aromatic carbocycles. The summed E-state index contributed by atoms with van der Waals surface area (Å²) in [6.07, 6.45) is 0. The van der Waals surface area contributed by atoms with Crippen LogP contribution in [0.4, 0.5) is 22.0 Å². The van der Waals surface area contributed by atoms with E-state index in [2.05, 4.69) is 39.0 Å². The highest BCUT2D eigenvalue weighted by Gasteiger charge is 2.60. The van der Waals surface area contributed by atoms with Crippen LogP contribution in [0, 0.1) is 0 Å². The van der Waals surface area contributed by atoms with Crippen molar-refractivity contribution in [3.63, 3.8) is 0 Å². The van der Waals surface area contributed by atoms with Crippen molar-refractivity contribution < 1.29 is 34.6 Å². The Morgan fingerprint density at radius 2 is 1.27 bits per heavy atom. The number of hydrogen-bond acceptors (Lipinski definition) is 3. The van der Waals surface area contributed by atoms with Crippen molar-refractivity contribution in [3.8, 4) is 0 Å². The molecule has 0 aliphatic heterocycles. The largest absolute Gasteiger partial charge is 0.523 e. The number of alkyl halides is 8. The number of hydrogen-bond donors (Lipinski definition) is 0. The second-order valence-electron chi connectivity index (χ2n) is 2.00. The zero-order valence-corrected chi connectivity index (χ0v) is 9.24. The zero-order chi connectivity index (χ0) is 12.7. The molecule has 0 aromatic rings. The van der Waals surface area contributed by atoms with Gasteiger partial charge in [0.25, 0.3) is 0 Å². The molecule has 3 nitrogen and oxygen atoms in total. The van der Waals surface area contributed by atoms with Crippen LogP contribution in [0.5, 0.6) is 0 Å². The predicted molar refractivity (Wildman–Crippen MR) is 41.3 cm³/mol. The van der Waals surface area contributed by atoms with Gasteiger partial charge in [0.2, 0.25) is 0 Å². The summed E-state index contributed by atoms with van der Waals surface area (Å²) in [5.41, 5.74) is -5.94. The molecule has 15 heavy (non-hydrogen) atoms. The van der Waals surface area contributed by atoms with Crippen molar-refractivity contribution in [2.24, 2.45) is 0 Å². The van der Waals surface area contributed by atoms with Crippen LogP contribution in [0.25, 0.3) is 0 Å². The molecule has 0 saturated carbocycles. The van der Waals surface area contributed by atoms with E-state index in [1.165, 1.54) is 0 Å². The van der Waals surface area contributed by atoms with Gasteiger partial charge >= 0.3 is 25.5 Å². The van der Waals surface area contributed by atoms with Crippen molar-refractivity contribution in [1.82, 2.24) is 0 Å². The normalized spacial score (nSPS) is 15.5. The Labute approximate surface area is 95.2 Å². The SMILES string of the molecule is O=S(=O)(OC(Cl)(Cl)C(F)(F)Cl)C(F)(F)F. The van der Waals surface area contributed by atoms with Crippen molar-refractivity contribution in [2.45, 2.75) is 15.4 Å². The number of halogens is 8. The maximum atomic E-state index is 12.2. The van der Waals surface area contributed by atoms with E-state index in [0.29, 0.717) is 0 Å². The van der Waals surface area contributed by atoms with E-state index in [0.717, 1.165) is 0 Å². The molecule has 0 atom stereocenters. The van der Waals surface area contributed by atoms with Gasteiger partial charge < -0.3 is 0 Å². The minimum absolute atomic E-state index is 2.85. The van der Waals surface area contributed by atoms with E-state index >= 15 is 0 Å². The highest BCUT2D eigenvalue weighted by Crippen LogP contribution is 2.45.